The Labute approximate surface area is 130 Å². The lowest BCUT2D eigenvalue weighted by atomic mass is 9.83. The van der Waals surface area contributed by atoms with E-state index in [1.165, 1.54) is 0 Å². The van der Waals surface area contributed by atoms with Gasteiger partial charge in [0.1, 0.15) is 0 Å². The van der Waals surface area contributed by atoms with Gasteiger partial charge >= 0.3 is 0 Å². The molecule has 0 aromatic rings. The zero-order valence-corrected chi connectivity index (χ0v) is 14.8. The second-order valence-electron chi connectivity index (χ2n) is 7.67. The van der Waals surface area contributed by atoms with E-state index in [1.54, 1.807) is 0 Å². The Hall–Kier alpha value is -0.610. The van der Waals surface area contributed by atoms with E-state index >= 15 is 0 Å². The van der Waals surface area contributed by atoms with Crippen LogP contribution in [0.5, 0.6) is 0 Å². The van der Waals surface area contributed by atoms with E-state index in [0.29, 0.717) is 13.0 Å². The molecule has 1 atom stereocenters. The van der Waals surface area contributed by atoms with E-state index in [1.807, 2.05) is 0 Å². The van der Waals surface area contributed by atoms with Gasteiger partial charge in [-0.05, 0) is 47.5 Å². The molecule has 1 aliphatic rings. The molecule has 1 unspecified atom stereocenters. The Morgan fingerprint density at radius 2 is 1.81 bits per heavy atom. The van der Waals surface area contributed by atoms with Gasteiger partial charge in [-0.15, -0.1) is 0 Å². The van der Waals surface area contributed by atoms with Crippen molar-refractivity contribution < 1.29 is 9.90 Å². The van der Waals surface area contributed by atoms with Crippen molar-refractivity contribution in [3.63, 3.8) is 0 Å². The Bertz CT molecular complexity index is 353. The minimum Gasteiger partial charge on any atom is -0.395 e. The van der Waals surface area contributed by atoms with Gasteiger partial charge < -0.3 is 10.0 Å². The van der Waals surface area contributed by atoms with Crippen LogP contribution in [0.2, 0.25) is 0 Å². The first-order chi connectivity index (χ1) is 9.65. The van der Waals surface area contributed by atoms with Crippen molar-refractivity contribution in [2.45, 2.75) is 84.3 Å². The summed E-state index contributed by atoms with van der Waals surface area (Å²) in [6, 6.07) is 0.247. The fourth-order valence-corrected chi connectivity index (χ4v) is 3.95. The zero-order valence-electron chi connectivity index (χ0n) is 14.8. The normalized spacial score (nSPS) is 26.5. The molecule has 1 saturated heterocycles. The number of carbonyl (C=O) groups is 1. The standard InChI is InChI=1S/C17H34N2O2/c1-7-8-9-18-14(2)12-16(3,4)19(10-11-20)17(5,6)13-15(18)21/h14,20H,7-13H2,1-6H3. The van der Waals surface area contributed by atoms with Gasteiger partial charge in [-0.2, -0.15) is 0 Å². The van der Waals surface area contributed by atoms with Crippen LogP contribution in [-0.2, 0) is 4.79 Å². The van der Waals surface area contributed by atoms with Crippen molar-refractivity contribution in [3.8, 4) is 0 Å². The maximum atomic E-state index is 12.7. The number of amides is 1. The number of nitrogens with zero attached hydrogens (tertiary/aromatic N) is 2. The maximum absolute atomic E-state index is 12.7. The topological polar surface area (TPSA) is 43.8 Å². The number of unbranched alkanes of at least 4 members (excludes halogenated alkanes) is 1. The van der Waals surface area contributed by atoms with Crippen LogP contribution in [0.4, 0.5) is 0 Å². The fraction of sp³-hybridized carbons (Fsp3) is 0.941. The highest BCUT2D eigenvalue weighted by Gasteiger charge is 2.43. The fourth-order valence-electron chi connectivity index (χ4n) is 3.95. The van der Waals surface area contributed by atoms with Gasteiger partial charge in [0.15, 0.2) is 0 Å². The van der Waals surface area contributed by atoms with E-state index in [4.69, 9.17) is 0 Å². The van der Waals surface area contributed by atoms with E-state index in [-0.39, 0.29) is 29.6 Å². The molecular weight excluding hydrogens is 264 g/mol. The number of carbonyl (C=O) groups excluding carboxylic acids is 1. The van der Waals surface area contributed by atoms with E-state index in [2.05, 4.69) is 51.3 Å². The summed E-state index contributed by atoms with van der Waals surface area (Å²) in [5.41, 5.74) is -0.259. The molecule has 1 heterocycles. The van der Waals surface area contributed by atoms with Crippen LogP contribution in [0.25, 0.3) is 0 Å². The molecule has 0 spiro atoms. The lowest BCUT2D eigenvalue weighted by Gasteiger charge is -2.52. The largest absolute Gasteiger partial charge is 0.395 e. The molecule has 0 aliphatic carbocycles. The molecule has 1 fully saturated rings. The second-order valence-corrected chi connectivity index (χ2v) is 7.67. The van der Waals surface area contributed by atoms with Gasteiger partial charge in [0, 0.05) is 36.6 Å². The molecule has 21 heavy (non-hydrogen) atoms. The lowest BCUT2D eigenvalue weighted by Crippen LogP contribution is -2.62. The van der Waals surface area contributed by atoms with Crippen LogP contribution in [-0.4, -0.2) is 57.6 Å². The molecule has 0 aromatic carbocycles. The summed E-state index contributed by atoms with van der Waals surface area (Å²) in [7, 11) is 0. The average molecular weight is 298 g/mol. The van der Waals surface area contributed by atoms with Gasteiger partial charge in [-0.3, -0.25) is 9.69 Å². The molecule has 0 bridgehead atoms. The Balaban J connectivity index is 3.05. The lowest BCUT2D eigenvalue weighted by molar-refractivity contribution is -0.142. The van der Waals surface area contributed by atoms with Crippen LogP contribution >= 0.6 is 0 Å². The van der Waals surface area contributed by atoms with E-state index in [9.17, 15) is 9.90 Å². The van der Waals surface area contributed by atoms with E-state index in [0.717, 1.165) is 25.8 Å². The van der Waals surface area contributed by atoms with Gasteiger partial charge in [0.05, 0.1) is 6.61 Å². The number of aliphatic hydroxyl groups excluding tert-OH is 1. The van der Waals surface area contributed by atoms with Crippen LogP contribution < -0.4 is 0 Å². The van der Waals surface area contributed by atoms with Gasteiger partial charge in [0.25, 0.3) is 0 Å². The third kappa shape index (κ3) is 4.43. The SMILES string of the molecule is CCCCN1C(=O)CC(C)(C)N(CCO)C(C)(C)CC1C. The first-order valence-corrected chi connectivity index (χ1v) is 8.34. The molecule has 1 aliphatic heterocycles. The van der Waals surface area contributed by atoms with Crippen molar-refractivity contribution in [1.82, 2.24) is 9.80 Å². The van der Waals surface area contributed by atoms with Crippen molar-refractivity contribution in [2.24, 2.45) is 0 Å². The Kier molecular flexibility index (Phi) is 6.23. The van der Waals surface area contributed by atoms with Gasteiger partial charge in [-0.25, -0.2) is 0 Å². The monoisotopic (exact) mass is 298 g/mol. The molecule has 4 nitrogen and oxygen atoms in total. The third-order valence-corrected chi connectivity index (χ3v) is 4.77. The smallest absolute Gasteiger partial charge is 0.224 e. The van der Waals surface area contributed by atoms with E-state index < -0.39 is 0 Å². The highest BCUT2D eigenvalue weighted by molar-refractivity contribution is 5.78. The third-order valence-electron chi connectivity index (χ3n) is 4.77. The Morgan fingerprint density at radius 3 is 2.33 bits per heavy atom. The molecule has 1 rings (SSSR count). The number of rotatable bonds is 5. The predicted molar refractivity (Wildman–Crippen MR) is 87.3 cm³/mol. The summed E-state index contributed by atoms with van der Waals surface area (Å²) in [5.74, 6) is 0.249. The minimum absolute atomic E-state index is 0.0309. The molecule has 1 N–H and O–H groups in total. The van der Waals surface area contributed by atoms with Crippen LogP contribution in [0, 0.1) is 0 Å². The van der Waals surface area contributed by atoms with Gasteiger partial charge in [0.2, 0.25) is 5.91 Å². The highest BCUT2D eigenvalue weighted by Crippen LogP contribution is 2.35. The Morgan fingerprint density at radius 1 is 1.19 bits per heavy atom. The number of hydrogen-bond acceptors (Lipinski definition) is 3. The molecule has 0 radical (unpaired) electrons. The summed E-state index contributed by atoms with van der Waals surface area (Å²) < 4.78 is 0. The number of β-amino-alcohol motifs (C(OH)–C–C–N with tert-alkyl or cyclic N) is 1. The molecular formula is C17H34N2O2. The van der Waals surface area contributed by atoms with Crippen molar-refractivity contribution in [2.75, 3.05) is 19.7 Å². The minimum atomic E-state index is -0.228. The zero-order chi connectivity index (χ0) is 16.3. The summed E-state index contributed by atoms with van der Waals surface area (Å²) >= 11 is 0. The van der Waals surface area contributed by atoms with Crippen molar-refractivity contribution in [1.29, 1.82) is 0 Å². The first-order valence-electron chi connectivity index (χ1n) is 8.34. The summed E-state index contributed by atoms with van der Waals surface area (Å²) in [6.45, 7) is 14.6. The molecule has 0 aromatic heterocycles. The predicted octanol–water partition coefficient (Wildman–Crippen LogP) is 2.65. The molecule has 124 valence electrons. The number of hydrogen-bond donors (Lipinski definition) is 1. The maximum Gasteiger partial charge on any atom is 0.224 e. The van der Waals surface area contributed by atoms with Crippen LogP contribution in [0.1, 0.15) is 67.2 Å². The van der Waals surface area contributed by atoms with Crippen molar-refractivity contribution >= 4 is 5.91 Å². The van der Waals surface area contributed by atoms with Gasteiger partial charge in [-0.1, -0.05) is 13.3 Å². The van der Waals surface area contributed by atoms with Crippen LogP contribution in [0.15, 0.2) is 0 Å². The average Bonchev–Trinajstić information content (AvgIpc) is 2.33. The van der Waals surface area contributed by atoms with Crippen molar-refractivity contribution in [3.05, 3.63) is 0 Å². The second kappa shape index (κ2) is 7.10. The number of aliphatic hydroxyl groups is 1. The molecule has 4 heteroatoms. The summed E-state index contributed by atoms with van der Waals surface area (Å²) in [5, 5.41) is 9.41. The first kappa shape index (κ1) is 18.4. The quantitative estimate of drug-likeness (QED) is 0.848. The molecule has 0 saturated carbocycles. The summed E-state index contributed by atoms with van der Waals surface area (Å²) in [6.07, 6.45) is 3.63. The highest BCUT2D eigenvalue weighted by atomic mass is 16.3. The van der Waals surface area contributed by atoms with Crippen LogP contribution in [0.3, 0.4) is 0 Å². The molecule has 1 amide bonds. The summed E-state index contributed by atoms with van der Waals surface area (Å²) in [4.78, 5) is 17.1.